The molecular formula is C53H36N4OS. The molecule has 3 heterocycles. The molecule has 0 saturated heterocycles. The van der Waals surface area contributed by atoms with Gasteiger partial charge >= 0.3 is 0 Å². The zero-order valence-corrected chi connectivity index (χ0v) is 32.8. The molecule has 280 valence electrons. The van der Waals surface area contributed by atoms with Gasteiger partial charge in [0.2, 0.25) is 0 Å². The number of para-hydroxylation sites is 1. The highest BCUT2D eigenvalue weighted by Crippen LogP contribution is 2.58. The first-order valence-corrected chi connectivity index (χ1v) is 20.6. The molecule has 59 heavy (non-hydrogen) atoms. The lowest BCUT2D eigenvalue weighted by Crippen LogP contribution is -2.07. The van der Waals surface area contributed by atoms with Crippen LogP contribution in [0.3, 0.4) is 0 Å². The van der Waals surface area contributed by atoms with Crippen LogP contribution in [0.25, 0.3) is 67.2 Å². The standard InChI is InChI=1S/C53H36N4OS/c59-50-39(47-37-20-11-4-12-21-38(37)47)26-28-44-49(50)41-30-34(24-27-43(41)57(44)36-18-9-3-10-19-36)35-25-29-45-42(31-35)48-40(22-13-23-46(48)58-45)53-55-51(32-14-5-1-6-15-32)54-52(56-53)33-16-7-2-8-17-33/h1-30,37,42,47,59H,31H2. The monoisotopic (exact) mass is 776 g/mol. The van der Waals surface area contributed by atoms with Crippen LogP contribution in [0.15, 0.2) is 198 Å². The molecule has 2 aromatic heterocycles. The molecule has 3 aliphatic carbocycles. The molecule has 4 aliphatic rings. The van der Waals surface area contributed by atoms with E-state index in [0.717, 1.165) is 61.8 Å². The van der Waals surface area contributed by atoms with E-state index in [1.54, 1.807) is 0 Å². The Kier molecular flexibility index (Phi) is 7.82. The smallest absolute Gasteiger partial charge is 0.164 e. The number of ether oxygens (including phenoxy) is 1. The fourth-order valence-corrected chi connectivity index (χ4v) is 9.89. The highest BCUT2D eigenvalue weighted by atomic mass is 32.1. The molecule has 0 amide bonds. The molecule has 1 saturated carbocycles. The number of allylic oxidation sites excluding steroid dienone is 10. The Balaban J connectivity index is 0.966. The third-order valence-electron chi connectivity index (χ3n) is 12.3. The van der Waals surface area contributed by atoms with Crippen LogP contribution in [-0.4, -0.2) is 19.5 Å². The van der Waals surface area contributed by atoms with Crippen LogP contribution < -0.4 is 4.74 Å². The summed E-state index contributed by atoms with van der Waals surface area (Å²) in [5, 5.41) is 2.39. The van der Waals surface area contributed by atoms with Gasteiger partial charge in [0.05, 0.1) is 17.0 Å². The third-order valence-corrected chi connectivity index (χ3v) is 12.8. The van der Waals surface area contributed by atoms with Gasteiger partial charge in [-0.3, -0.25) is 0 Å². The lowest BCUT2D eigenvalue weighted by molar-refractivity contribution is 0.426. The average Bonchev–Trinajstić information content (AvgIpc) is 3.78. The molecule has 12 rings (SSSR count). The predicted octanol–water partition coefficient (Wildman–Crippen LogP) is 12.9. The second-order valence-electron chi connectivity index (χ2n) is 15.6. The van der Waals surface area contributed by atoms with Gasteiger partial charge in [-0.2, -0.15) is 0 Å². The van der Waals surface area contributed by atoms with E-state index in [4.69, 9.17) is 32.3 Å². The van der Waals surface area contributed by atoms with E-state index in [0.29, 0.717) is 29.3 Å². The number of fused-ring (bicyclic) bond motifs is 7. The number of rotatable bonds is 6. The first-order valence-electron chi connectivity index (χ1n) is 20.2. The van der Waals surface area contributed by atoms with E-state index in [2.05, 4.69) is 120 Å². The first kappa shape index (κ1) is 34.1. The van der Waals surface area contributed by atoms with Crippen LogP contribution in [0.2, 0.25) is 0 Å². The van der Waals surface area contributed by atoms with E-state index < -0.39 is 0 Å². The second-order valence-corrected chi connectivity index (χ2v) is 16.1. The summed E-state index contributed by atoms with van der Waals surface area (Å²) in [6.45, 7) is 0. The van der Waals surface area contributed by atoms with Crippen LogP contribution in [0, 0.1) is 5.92 Å². The lowest BCUT2D eigenvalue weighted by Gasteiger charge is -2.20. The van der Waals surface area contributed by atoms with Crippen molar-refractivity contribution in [1.82, 2.24) is 19.5 Å². The number of nitrogens with zero attached hydrogens (tertiary/aromatic N) is 4. The maximum absolute atomic E-state index is 6.59. The number of aromatic nitrogens is 4. The predicted molar refractivity (Wildman–Crippen MR) is 241 cm³/mol. The Morgan fingerprint density at radius 3 is 2.08 bits per heavy atom. The highest BCUT2D eigenvalue weighted by molar-refractivity contribution is 7.80. The lowest BCUT2D eigenvalue weighted by atomic mass is 9.83. The summed E-state index contributed by atoms with van der Waals surface area (Å²) in [6.07, 6.45) is 16.2. The Labute approximate surface area is 347 Å². The Bertz CT molecular complexity index is 3120. The molecule has 0 spiro atoms. The minimum atomic E-state index is 0.00406. The Morgan fingerprint density at radius 2 is 1.32 bits per heavy atom. The minimum Gasteiger partial charge on any atom is -0.461 e. The van der Waals surface area contributed by atoms with Gasteiger partial charge in [-0.05, 0) is 65.6 Å². The van der Waals surface area contributed by atoms with Crippen LogP contribution in [0.1, 0.15) is 34.9 Å². The summed E-state index contributed by atoms with van der Waals surface area (Å²) in [7, 11) is 0. The summed E-state index contributed by atoms with van der Waals surface area (Å²) in [6, 6.07) is 48.7. The van der Waals surface area contributed by atoms with Gasteiger partial charge in [0.1, 0.15) is 11.5 Å². The van der Waals surface area contributed by atoms with Gasteiger partial charge in [0.15, 0.2) is 17.5 Å². The maximum atomic E-state index is 6.59. The largest absolute Gasteiger partial charge is 0.461 e. The fourth-order valence-electron chi connectivity index (χ4n) is 9.44. The number of hydrogen-bond donors (Lipinski definition) is 1. The van der Waals surface area contributed by atoms with E-state index in [-0.39, 0.29) is 5.92 Å². The van der Waals surface area contributed by atoms with Crippen molar-refractivity contribution < 1.29 is 4.74 Å². The molecule has 3 unspecified atom stereocenters. The van der Waals surface area contributed by atoms with Gasteiger partial charge < -0.3 is 9.30 Å². The molecule has 0 radical (unpaired) electrons. The van der Waals surface area contributed by atoms with E-state index in [1.165, 1.54) is 33.0 Å². The Morgan fingerprint density at radius 1 is 0.610 bits per heavy atom. The zero-order chi connectivity index (χ0) is 39.0. The normalized spacial score (nSPS) is 18.7. The summed E-state index contributed by atoms with van der Waals surface area (Å²) in [5.41, 5.74) is 12.6. The summed E-state index contributed by atoms with van der Waals surface area (Å²) in [5.74, 6) is 4.49. The number of hydrogen-bond acceptors (Lipinski definition) is 5. The third kappa shape index (κ3) is 5.59. The maximum Gasteiger partial charge on any atom is 0.164 e. The van der Waals surface area contributed by atoms with Crippen molar-refractivity contribution in [2.45, 2.75) is 23.2 Å². The van der Waals surface area contributed by atoms with E-state index in [1.807, 2.05) is 66.7 Å². The molecule has 1 fully saturated rings. The number of benzene rings is 6. The molecule has 6 aromatic carbocycles. The van der Waals surface area contributed by atoms with Crippen LogP contribution >= 0.6 is 12.6 Å². The van der Waals surface area contributed by atoms with Crippen molar-refractivity contribution in [3.05, 3.63) is 210 Å². The first-order chi connectivity index (χ1) is 29.2. The molecule has 0 bridgehead atoms. The molecular weight excluding hydrogens is 741 g/mol. The van der Waals surface area contributed by atoms with E-state index in [9.17, 15) is 0 Å². The SMILES string of the molecule is Sc1c(C2C3=CC=CC=CC32)ccc2c1c1cc(C3=CC=C4Oc5cccc(-c6nc(-c7ccccc7)nc(-c7ccccc7)n6)c5C4C3)ccc1n2-c1ccccc1. The summed E-state index contributed by atoms with van der Waals surface area (Å²) >= 11 is 5.36. The molecule has 0 N–H and O–H groups in total. The molecule has 5 nitrogen and oxygen atoms in total. The van der Waals surface area contributed by atoms with Gasteiger partial charge in [-0.25, -0.2) is 15.0 Å². The zero-order valence-electron chi connectivity index (χ0n) is 31.9. The van der Waals surface area contributed by atoms with Crippen LogP contribution in [0.5, 0.6) is 5.75 Å². The van der Waals surface area contributed by atoms with Crippen molar-refractivity contribution in [2.24, 2.45) is 5.92 Å². The fraction of sp³-hybridized carbons (Fsp3) is 0.0755. The van der Waals surface area contributed by atoms with Gasteiger partial charge in [-0.15, -0.1) is 12.6 Å². The highest BCUT2D eigenvalue weighted by Gasteiger charge is 2.44. The molecule has 8 aromatic rings. The summed E-state index contributed by atoms with van der Waals surface area (Å²) in [4.78, 5) is 16.2. The van der Waals surface area contributed by atoms with E-state index >= 15 is 0 Å². The van der Waals surface area contributed by atoms with Crippen molar-refractivity contribution in [3.8, 4) is 45.6 Å². The summed E-state index contributed by atoms with van der Waals surface area (Å²) < 4.78 is 8.97. The van der Waals surface area contributed by atoms with Crippen molar-refractivity contribution >= 4 is 40.0 Å². The van der Waals surface area contributed by atoms with Crippen LogP contribution in [0.4, 0.5) is 0 Å². The topological polar surface area (TPSA) is 52.8 Å². The van der Waals surface area contributed by atoms with Gasteiger partial charge in [-0.1, -0.05) is 145 Å². The second kappa shape index (κ2) is 13.5. The number of thiol groups is 1. The van der Waals surface area contributed by atoms with Crippen molar-refractivity contribution in [3.63, 3.8) is 0 Å². The Hall–Kier alpha value is -7.02. The van der Waals surface area contributed by atoms with Crippen molar-refractivity contribution in [1.29, 1.82) is 0 Å². The van der Waals surface area contributed by atoms with Gasteiger partial charge in [0, 0.05) is 55.4 Å². The quantitative estimate of drug-likeness (QED) is 0.171. The minimum absolute atomic E-state index is 0.00406. The van der Waals surface area contributed by atoms with Gasteiger partial charge in [0.25, 0.3) is 0 Å². The average molecular weight is 777 g/mol. The van der Waals surface area contributed by atoms with Crippen LogP contribution in [-0.2, 0) is 0 Å². The van der Waals surface area contributed by atoms with Crippen molar-refractivity contribution in [2.75, 3.05) is 0 Å². The molecule has 1 aliphatic heterocycles. The molecule has 3 atom stereocenters. The molecule has 6 heteroatoms.